The van der Waals surface area contributed by atoms with Crippen LogP contribution >= 0.6 is 22.6 Å². The maximum Gasteiger partial charge on any atom is 0.0133 e. The first kappa shape index (κ1) is 9.46. The molecule has 0 amide bonds. The molecule has 0 saturated carbocycles. The van der Waals surface area contributed by atoms with Crippen LogP contribution in [0.2, 0.25) is 0 Å². The first-order chi connectivity index (χ1) is 6.34. The van der Waals surface area contributed by atoms with Gasteiger partial charge in [-0.05, 0) is 72.1 Å². The molecule has 1 nitrogen and oxygen atoms in total. The SMILES string of the molecule is Ic1cccc(C[C@@H]2CCNC2)c1. The van der Waals surface area contributed by atoms with Crippen LogP contribution in [0.4, 0.5) is 0 Å². The van der Waals surface area contributed by atoms with E-state index in [0.29, 0.717) is 0 Å². The van der Waals surface area contributed by atoms with Crippen LogP contribution in [0.3, 0.4) is 0 Å². The van der Waals surface area contributed by atoms with Crippen LogP contribution in [0, 0.1) is 9.49 Å². The van der Waals surface area contributed by atoms with E-state index < -0.39 is 0 Å². The Hall–Kier alpha value is -0.0900. The average Bonchev–Trinajstić information content (AvgIpc) is 2.57. The molecule has 13 heavy (non-hydrogen) atoms. The van der Waals surface area contributed by atoms with Gasteiger partial charge < -0.3 is 5.32 Å². The molecule has 1 fully saturated rings. The lowest BCUT2D eigenvalue weighted by atomic mass is 9.99. The predicted octanol–water partition coefficient (Wildman–Crippen LogP) is 2.44. The molecule has 2 rings (SSSR count). The fraction of sp³-hybridized carbons (Fsp3) is 0.455. The van der Waals surface area contributed by atoms with E-state index in [1.165, 1.54) is 35.1 Å². The summed E-state index contributed by atoms with van der Waals surface area (Å²) in [5.41, 5.74) is 1.49. The lowest BCUT2D eigenvalue weighted by Gasteiger charge is -2.07. The van der Waals surface area contributed by atoms with Crippen molar-refractivity contribution in [3.05, 3.63) is 33.4 Å². The van der Waals surface area contributed by atoms with Gasteiger partial charge in [0.05, 0.1) is 0 Å². The van der Waals surface area contributed by atoms with Crippen molar-refractivity contribution in [2.75, 3.05) is 13.1 Å². The van der Waals surface area contributed by atoms with Gasteiger partial charge in [0.25, 0.3) is 0 Å². The molecule has 2 heteroatoms. The summed E-state index contributed by atoms with van der Waals surface area (Å²) >= 11 is 2.38. The zero-order chi connectivity index (χ0) is 9.10. The predicted molar refractivity (Wildman–Crippen MR) is 63.8 cm³/mol. The molecular formula is C11H14IN. The Labute approximate surface area is 93.1 Å². The quantitative estimate of drug-likeness (QED) is 0.824. The minimum atomic E-state index is 0.859. The second-order valence-electron chi connectivity index (χ2n) is 3.69. The second kappa shape index (κ2) is 4.42. The van der Waals surface area contributed by atoms with Crippen molar-refractivity contribution in [3.8, 4) is 0 Å². The topological polar surface area (TPSA) is 12.0 Å². The number of halogens is 1. The molecule has 70 valence electrons. The first-order valence-corrected chi connectivity index (χ1v) is 5.87. The van der Waals surface area contributed by atoms with E-state index in [0.717, 1.165) is 5.92 Å². The Bertz CT molecular complexity index is 279. The molecule has 0 radical (unpaired) electrons. The van der Waals surface area contributed by atoms with Gasteiger partial charge in [-0.15, -0.1) is 0 Å². The molecule has 1 aromatic rings. The largest absolute Gasteiger partial charge is 0.316 e. The Morgan fingerprint density at radius 1 is 1.46 bits per heavy atom. The van der Waals surface area contributed by atoms with E-state index in [9.17, 15) is 0 Å². The van der Waals surface area contributed by atoms with Gasteiger partial charge in [0, 0.05) is 3.57 Å². The number of benzene rings is 1. The minimum absolute atomic E-state index is 0.859. The molecule has 1 aromatic carbocycles. The van der Waals surface area contributed by atoms with Gasteiger partial charge in [0.2, 0.25) is 0 Å². The highest BCUT2D eigenvalue weighted by Gasteiger charge is 2.14. The second-order valence-corrected chi connectivity index (χ2v) is 4.94. The Kier molecular flexibility index (Phi) is 3.22. The number of nitrogens with one attached hydrogen (secondary N) is 1. The van der Waals surface area contributed by atoms with E-state index in [2.05, 4.69) is 52.2 Å². The van der Waals surface area contributed by atoms with Crippen molar-refractivity contribution in [2.45, 2.75) is 12.8 Å². The van der Waals surface area contributed by atoms with Crippen LogP contribution in [0.15, 0.2) is 24.3 Å². The van der Waals surface area contributed by atoms with Gasteiger partial charge in [0.15, 0.2) is 0 Å². The summed E-state index contributed by atoms with van der Waals surface area (Å²) in [6.07, 6.45) is 2.58. The highest BCUT2D eigenvalue weighted by atomic mass is 127. The van der Waals surface area contributed by atoms with E-state index in [1.54, 1.807) is 0 Å². The van der Waals surface area contributed by atoms with E-state index in [-0.39, 0.29) is 0 Å². The molecule has 0 spiro atoms. The van der Waals surface area contributed by atoms with E-state index in [4.69, 9.17) is 0 Å². The van der Waals surface area contributed by atoms with Crippen LogP contribution in [-0.4, -0.2) is 13.1 Å². The normalized spacial score (nSPS) is 22.1. The maximum atomic E-state index is 3.41. The summed E-state index contributed by atoms with van der Waals surface area (Å²) < 4.78 is 1.35. The smallest absolute Gasteiger partial charge is 0.0133 e. The van der Waals surface area contributed by atoms with Gasteiger partial charge >= 0.3 is 0 Å². The van der Waals surface area contributed by atoms with Gasteiger partial charge in [0.1, 0.15) is 0 Å². The van der Waals surface area contributed by atoms with Crippen LogP contribution in [-0.2, 0) is 6.42 Å². The van der Waals surface area contributed by atoms with Crippen molar-refractivity contribution in [3.63, 3.8) is 0 Å². The van der Waals surface area contributed by atoms with Crippen molar-refractivity contribution in [2.24, 2.45) is 5.92 Å². The molecule has 1 heterocycles. The Morgan fingerprint density at radius 2 is 2.38 bits per heavy atom. The van der Waals surface area contributed by atoms with Crippen molar-refractivity contribution >= 4 is 22.6 Å². The van der Waals surface area contributed by atoms with Crippen molar-refractivity contribution in [1.82, 2.24) is 5.32 Å². The third-order valence-corrected chi connectivity index (χ3v) is 3.25. The van der Waals surface area contributed by atoms with Crippen LogP contribution in [0.25, 0.3) is 0 Å². The van der Waals surface area contributed by atoms with Crippen LogP contribution in [0.1, 0.15) is 12.0 Å². The lowest BCUT2D eigenvalue weighted by Crippen LogP contribution is -2.10. The van der Waals surface area contributed by atoms with Gasteiger partial charge in [-0.1, -0.05) is 12.1 Å². The third-order valence-electron chi connectivity index (χ3n) is 2.58. The minimum Gasteiger partial charge on any atom is -0.316 e. The summed E-state index contributed by atoms with van der Waals surface area (Å²) in [5, 5.41) is 3.41. The monoisotopic (exact) mass is 287 g/mol. The Balaban J connectivity index is 2.00. The fourth-order valence-corrected chi connectivity index (χ4v) is 2.49. The zero-order valence-corrected chi connectivity index (χ0v) is 9.75. The summed E-state index contributed by atoms with van der Waals surface area (Å²) in [5.74, 6) is 0.859. The molecule has 0 unspecified atom stereocenters. The molecule has 0 aliphatic carbocycles. The highest BCUT2D eigenvalue weighted by molar-refractivity contribution is 14.1. The molecule has 1 aliphatic rings. The van der Waals surface area contributed by atoms with Crippen LogP contribution in [0.5, 0.6) is 0 Å². The maximum absolute atomic E-state index is 3.41. The third kappa shape index (κ3) is 2.68. The average molecular weight is 287 g/mol. The van der Waals surface area contributed by atoms with Gasteiger partial charge in [-0.25, -0.2) is 0 Å². The molecule has 1 aliphatic heterocycles. The van der Waals surface area contributed by atoms with E-state index in [1.807, 2.05) is 0 Å². The zero-order valence-electron chi connectivity index (χ0n) is 7.59. The number of hydrogen-bond acceptors (Lipinski definition) is 1. The summed E-state index contributed by atoms with van der Waals surface area (Å²) in [7, 11) is 0. The first-order valence-electron chi connectivity index (χ1n) is 4.80. The van der Waals surface area contributed by atoms with Gasteiger partial charge in [-0.2, -0.15) is 0 Å². The molecule has 1 atom stereocenters. The number of rotatable bonds is 2. The van der Waals surface area contributed by atoms with E-state index >= 15 is 0 Å². The Morgan fingerprint density at radius 3 is 3.08 bits per heavy atom. The molecular weight excluding hydrogens is 273 g/mol. The van der Waals surface area contributed by atoms with Crippen molar-refractivity contribution in [1.29, 1.82) is 0 Å². The van der Waals surface area contributed by atoms with Crippen molar-refractivity contribution < 1.29 is 0 Å². The molecule has 0 aromatic heterocycles. The highest BCUT2D eigenvalue weighted by Crippen LogP contribution is 2.16. The standard InChI is InChI=1S/C11H14IN/c12-11-3-1-2-9(7-11)6-10-4-5-13-8-10/h1-3,7,10,13H,4-6,8H2/t10-/m0/s1. The molecule has 1 N–H and O–H groups in total. The summed E-state index contributed by atoms with van der Waals surface area (Å²) in [4.78, 5) is 0. The molecule has 1 saturated heterocycles. The summed E-state index contributed by atoms with van der Waals surface area (Å²) in [6, 6.07) is 8.83. The fourth-order valence-electron chi connectivity index (χ4n) is 1.89. The molecule has 0 bridgehead atoms. The lowest BCUT2D eigenvalue weighted by molar-refractivity contribution is 0.580. The van der Waals surface area contributed by atoms with Crippen LogP contribution < -0.4 is 5.32 Å². The number of hydrogen-bond donors (Lipinski definition) is 1. The van der Waals surface area contributed by atoms with Gasteiger partial charge in [-0.3, -0.25) is 0 Å². The summed E-state index contributed by atoms with van der Waals surface area (Å²) in [6.45, 7) is 2.40.